The Hall–Kier alpha value is -1.55. The van der Waals surface area contributed by atoms with Crippen LogP contribution >= 0.6 is 11.3 Å². The van der Waals surface area contributed by atoms with Crippen molar-refractivity contribution >= 4 is 27.2 Å². The molecule has 0 unspecified atom stereocenters. The average Bonchev–Trinajstić information content (AvgIpc) is 2.89. The van der Waals surface area contributed by atoms with Gasteiger partial charge in [-0.05, 0) is 12.1 Å². The molecule has 0 radical (unpaired) electrons. The summed E-state index contributed by atoms with van der Waals surface area (Å²) in [4.78, 5) is 7.84. The Kier molecular flexibility index (Phi) is 3.87. The monoisotopic (exact) mass is 285 g/mol. The molecule has 0 spiro atoms. The molecular formula is C9H11N5O2S2. The Morgan fingerprint density at radius 2 is 2.17 bits per heavy atom. The third kappa shape index (κ3) is 2.82. The molecule has 0 saturated carbocycles. The average molecular weight is 285 g/mol. The predicted molar refractivity (Wildman–Crippen MR) is 68.2 cm³/mol. The van der Waals surface area contributed by atoms with Crippen molar-refractivity contribution in [3.8, 4) is 0 Å². The first-order valence-corrected chi connectivity index (χ1v) is 7.29. The molecule has 0 atom stereocenters. The van der Waals surface area contributed by atoms with Gasteiger partial charge in [0, 0.05) is 17.8 Å². The van der Waals surface area contributed by atoms with E-state index >= 15 is 0 Å². The van der Waals surface area contributed by atoms with Crippen LogP contribution in [0.2, 0.25) is 0 Å². The number of hydrogen-bond acceptors (Lipinski definition) is 7. The molecule has 2 aromatic heterocycles. The number of hydrogen-bond donors (Lipinski definition) is 3. The first kappa shape index (κ1) is 12.9. The lowest BCUT2D eigenvalue weighted by Gasteiger charge is -2.08. The van der Waals surface area contributed by atoms with Crippen LogP contribution in [0.3, 0.4) is 0 Å². The zero-order valence-corrected chi connectivity index (χ0v) is 10.8. The number of thiazole rings is 1. The second-order valence-electron chi connectivity index (χ2n) is 3.24. The van der Waals surface area contributed by atoms with Gasteiger partial charge in [-0.15, -0.1) is 11.3 Å². The highest BCUT2D eigenvalue weighted by atomic mass is 32.2. The van der Waals surface area contributed by atoms with E-state index < -0.39 is 10.0 Å². The van der Waals surface area contributed by atoms with E-state index in [1.54, 1.807) is 11.6 Å². The van der Waals surface area contributed by atoms with Gasteiger partial charge >= 0.3 is 0 Å². The van der Waals surface area contributed by atoms with Gasteiger partial charge in [-0.3, -0.25) is 0 Å². The maximum absolute atomic E-state index is 12.0. The minimum atomic E-state index is -3.67. The van der Waals surface area contributed by atoms with E-state index in [2.05, 4.69) is 20.1 Å². The SMILES string of the molecule is NNc1ncccc1S(=O)(=O)NCc1nccs1. The van der Waals surface area contributed by atoms with E-state index in [4.69, 9.17) is 5.84 Å². The topological polar surface area (TPSA) is 110 Å². The van der Waals surface area contributed by atoms with Gasteiger partial charge in [-0.2, -0.15) is 0 Å². The van der Waals surface area contributed by atoms with E-state index in [1.165, 1.54) is 29.7 Å². The number of anilines is 1. The zero-order valence-electron chi connectivity index (χ0n) is 9.20. The Bertz CT molecular complexity index is 612. The quantitative estimate of drug-likeness (QED) is 0.538. The van der Waals surface area contributed by atoms with Gasteiger partial charge in [0.05, 0.1) is 6.54 Å². The van der Waals surface area contributed by atoms with Gasteiger partial charge in [0.1, 0.15) is 9.90 Å². The summed E-state index contributed by atoms with van der Waals surface area (Å²) in [6.07, 6.45) is 3.07. The number of nitrogens with zero attached hydrogens (tertiary/aromatic N) is 2. The lowest BCUT2D eigenvalue weighted by Crippen LogP contribution is -2.25. The van der Waals surface area contributed by atoms with Crippen molar-refractivity contribution < 1.29 is 8.42 Å². The number of rotatable bonds is 5. The largest absolute Gasteiger partial charge is 0.307 e. The van der Waals surface area contributed by atoms with Gasteiger partial charge in [0.25, 0.3) is 0 Å². The molecule has 18 heavy (non-hydrogen) atoms. The summed E-state index contributed by atoms with van der Waals surface area (Å²) in [5.41, 5.74) is 2.25. The maximum atomic E-state index is 12.0. The Balaban J connectivity index is 2.20. The minimum absolute atomic E-state index is 0.00376. The molecule has 9 heteroatoms. The number of nitrogen functional groups attached to an aromatic ring is 1. The van der Waals surface area contributed by atoms with E-state index in [0.29, 0.717) is 5.01 Å². The molecular weight excluding hydrogens is 274 g/mol. The molecule has 0 fully saturated rings. The number of aromatic nitrogens is 2. The van der Waals surface area contributed by atoms with E-state index in [9.17, 15) is 8.42 Å². The smallest absolute Gasteiger partial charge is 0.244 e. The summed E-state index contributed by atoms with van der Waals surface area (Å²) in [5, 5.41) is 2.46. The summed E-state index contributed by atoms with van der Waals surface area (Å²) in [7, 11) is -3.67. The van der Waals surface area contributed by atoms with Gasteiger partial charge < -0.3 is 5.43 Å². The third-order valence-electron chi connectivity index (χ3n) is 2.09. The fourth-order valence-electron chi connectivity index (χ4n) is 1.29. The lowest BCUT2D eigenvalue weighted by molar-refractivity contribution is 0.581. The van der Waals surface area contributed by atoms with Crippen LogP contribution in [0.15, 0.2) is 34.8 Å². The van der Waals surface area contributed by atoms with Gasteiger partial charge in [0.15, 0.2) is 5.82 Å². The van der Waals surface area contributed by atoms with Crippen LogP contribution < -0.4 is 16.0 Å². The van der Waals surface area contributed by atoms with Crippen LogP contribution in [0, 0.1) is 0 Å². The molecule has 0 amide bonds. The van der Waals surface area contributed by atoms with E-state index in [0.717, 1.165) is 0 Å². The second kappa shape index (κ2) is 5.40. The standard InChI is InChI=1S/C9H11N5O2S2/c10-14-9-7(2-1-3-12-9)18(15,16)13-6-8-11-4-5-17-8/h1-5,13H,6,10H2,(H,12,14). The molecule has 2 aromatic rings. The highest BCUT2D eigenvalue weighted by Gasteiger charge is 2.18. The van der Waals surface area contributed by atoms with Crippen LogP contribution in [0.5, 0.6) is 0 Å². The summed E-state index contributed by atoms with van der Waals surface area (Å²) in [6, 6.07) is 2.95. The van der Waals surface area contributed by atoms with Crippen LogP contribution in [0.1, 0.15) is 5.01 Å². The van der Waals surface area contributed by atoms with Crippen molar-refractivity contribution in [2.24, 2.45) is 5.84 Å². The van der Waals surface area contributed by atoms with Gasteiger partial charge in [-0.1, -0.05) is 0 Å². The molecule has 2 heterocycles. The third-order valence-corrected chi connectivity index (χ3v) is 4.31. The van der Waals surface area contributed by atoms with Gasteiger partial charge in [-0.25, -0.2) is 29.0 Å². The number of sulfonamides is 1. The molecule has 0 saturated heterocycles. The van der Waals surface area contributed by atoms with Crippen molar-refractivity contribution in [2.45, 2.75) is 11.4 Å². The minimum Gasteiger partial charge on any atom is -0.307 e. The van der Waals surface area contributed by atoms with Crippen molar-refractivity contribution in [1.29, 1.82) is 0 Å². The number of nitrogens with two attached hydrogens (primary N) is 1. The molecule has 0 aliphatic rings. The zero-order chi connectivity index (χ0) is 13.0. The first-order chi connectivity index (χ1) is 8.63. The van der Waals surface area contributed by atoms with Crippen molar-refractivity contribution in [2.75, 3.05) is 5.43 Å². The molecule has 0 aliphatic heterocycles. The molecule has 96 valence electrons. The van der Waals surface area contributed by atoms with Crippen LogP contribution in [-0.4, -0.2) is 18.4 Å². The van der Waals surface area contributed by atoms with Crippen LogP contribution in [0.4, 0.5) is 5.82 Å². The summed E-state index contributed by atoms with van der Waals surface area (Å²) < 4.78 is 26.5. The molecule has 0 aliphatic carbocycles. The predicted octanol–water partition coefficient (Wildman–Crippen LogP) is 0.302. The fourth-order valence-corrected chi connectivity index (χ4v) is 3.04. The Morgan fingerprint density at radius 1 is 1.33 bits per heavy atom. The second-order valence-corrected chi connectivity index (χ2v) is 5.96. The highest BCUT2D eigenvalue weighted by molar-refractivity contribution is 7.89. The van der Waals surface area contributed by atoms with Crippen molar-refractivity contribution in [3.05, 3.63) is 34.9 Å². The van der Waals surface area contributed by atoms with Crippen LogP contribution in [-0.2, 0) is 16.6 Å². The van der Waals surface area contributed by atoms with Crippen molar-refractivity contribution in [3.63, 3.8) is 0 Å². The molecule has 7 nitrogen and oxygen atoms in total. The molecule has 0 bridgehead atoms. The van der Waals surface area contributed by atoms with E-state index in [1.807, 2.05) is 0 Å². The summed E-state index contributed by atoms with van der Waals surface area (Å²) >= 11 is 1.37. The molecule has 4 N–H and O–H groups in total. The highest BCUT2D eigenvalue weighted by Crippen LogP contribution is 2.17. The molecule has 0 aromatic carbocycles. The number of hydrazine groups is 1. The fraction of sp³-hybridized carbons (Fsp3) is 0.111. The summed E-state index contributed by atoms with van der Waals surface area (Å²) in [5.74, 6) is 5.32. The normalized spacial score (nSPS) is 11.4. The Labute approximate surface area is 108 Å². The van der Waals surface area contributed by atoms with E-state index in [-0.39, 0.29) is 17.3 Å². The number of nitrogens with one attached hydrogen (secondary N) is 2. The van der Waals surface area contributed by atoms with Crippen LogP contribution in [0.25, 0.3) is 0 Å². The first-order valence-electron chi connectivity index (χ1n) is 4.93. The summed E-state index contributed by atoms with van der Waals surface area (Å²) in [6.45, 7) is 0.138. The molecule has 2 rings (SSSR count). The lowest BCUT2D eigenvalue weighted by atomic mass is 10.5. The van der Waals surface area contributed by atoms with Crippen molar-refractivity contribution in [1.82, 2.24) is 14.7 Å². The number of pyridine rings is 1. The maximum Gasteiger partial charge on any atom is 0.244 e. The van der Waals surface area contributed by atoms with Gasteiger partial charge in [0.2, 0.25) is 10.0 Å². The Morgan fingerprint density at radius 3 is 2.83 bits per heavy atom.